The van der Waals surface area contributed by atoms with E-state index < -0.39 is 0 Å². The number of aromatic amines is 1. The third-order valence-corrected chi connectivity index (χ3v) is 5.81. The van der Waals surface area contributed by atoms with Gasteiger partial charge in [0.2, 0.25) is 0 Å². The molecule has 1 aliphatic heterocycles. The Kier molecular flexibility index (Phi) is 4.71. The number of H-pyrrole nitrogens is 1. The number of fused-ring (bicyclic) bond motifs is 1. The number of carbonyl (C=O) groups excluding carboxylic acids is 1. The van der Waals surface area contributed by atoms with E-state index in [1.165, 1.54) is 0 Å². The Hall–Kier alpha value is -3.61. The van der Waals surface area contributed by atoms with Gasteiger partial charge in [0.1, 0.15) is 0 Å². The molecule has 2 aromatic carbocycles. The fourth-order valence-corrected chi connectivity index (χ4v) is 4.28. The molecule has 4 aromatic rings. The van der Waals surface area contributed by atoms with Gasteiger partial charge in [-0.2, -0.15) is 5.10 Å². The molecule has 3 heterocycles. The van der Waals surface area contributed by atoms with Crippen LogP contribution in [0.2, 0.25) is 0 Å². The lowest BCUT2D eigenvalue weighted by atomic mass is 10.0. The molecule has 1 fully saturated rings. The Morgan fingerprint density at radius 1 is 1.03 bits per heavy atom. The van der Waals surface area contributed by atoms with E-state index in [2.05, 4.69) is 10.1 Å². The molecule has 0 spiro atoms. The van der Waals surface area contributed by atoms with Crippen molar-refractivity contribution in [2.75, 3.05) is 13.1 Å². The highest BCUT2D eigenvalue weighted by molar-refractivity contribution is 5.93. The summed E-state index contributed by atoms with van der Waals surface area (Å²) in [5.41, 5.74) is 3.45. The van der Waals surface area contributed by atoms with Crippen LogP contribution in [0.25, 0.3) is 11.0 Å². The van der Waals surface area contributed by atoms with Crippen LogP contribution in [0.15, 0.2) is 71.8 Å². The number of imidazole rings is 1. The van der Waals surface area contributed by atoms with Gasteiger partial charge < -0.3 is 9.88 Å². The zero-order chi connectivity index (χ0) is 20.5. The fourth-order valence-electron chi connectivity index (χ4n) is 4.28. The van der Waals surface area contributed by atoms with E-state index in [-0.39, 0.29) is 17.6 Å². The molecule has 1 amide bonds. The van der Waals surface area contributed by atoms with Gasteiger partial charge in [-0.25, -0.2) is 4.79 Å². The molecule has 0 atom stereocenters. The summed E-state index contributed by atoms with van der Waals surface area (Å²) in [5, 5.41) is 4.35. The summed E-state index contributed by atoms with van der Waals surface area (Å²) < 4.78 is 3.63. The lowest BCUT2D eigenvalue weighted by molar-refractivity contribution is 0.0695. The molecule has 5 rings (SSSR count). The van der Waals surface area contributed by atoms with Crippen molar-refractivity contribution in [3.05, 3.63) is 88.6 Å². The summed E-state index contributed by atoms with van der Waals surface area (Å²) in [6, 6.07) is 17.9. The van der Waals surface area contributed by atoms with Crippen LogP contribution in [0.3, 0.4) is 0 Å². The average Bonchev–Trinajstić information content (AvgIpc) is 3.37. The smallest absolute Gasteiger partial charge is 0.326 e. The maximum atomic E-state index is 12.9. The van der Waals surface area contributed by atoms with Crippen LogP contribution in [-0.4, -0.2) is 43.2 Å². The minimum absolute atomic E-state index is 0.000893. The first-order chi connectivity index (χ1) is 14.7. The van der Waals surface area contributed by atoms with Crippen molar-refractivity contribution in [3.8, 4) is 0 Å². The van der Waals surface area contributed by atoms with Gasteiger partial charge in [0.25, 0.3) is 5.91 Å². The number of hydrogen-bond donors (Lipinski definition) is 1. The van der Waals surface area contributed by atoms with Crippen molar-refractivity contribution in [3.63, 3.8) is 0 Å². The number of nitrogens with zero attached hydrogens (tertiary/aromatic N) is 4. The Morgan fingerprint density at radius 2 is 1.77 bits per heavy atom. The summed E-state index contributed by atoms with van der Waals surface area (Å²) >= 11 is 0. The second-order valence-electron chi connectivity index (χ2n) is 7.75. The highest BCUT2D eigenvalue weighted by Crippen LogP contribution is 2.25. The van der Waals surface area contributed by atoms with E-state index in [9.17, 15) is 9.59 Å². The van der Waals surface area contributed by atoms with E-state index in [1.807, 2.05) is 70.3 Å². The summed E-state index contributed by atoms with van der Waals surface area (Å²) in [5.74, 6) is -0.000893. The fraction of sp³-hybridized carbons (Fsp3) is 0.261. The van der Waals surface area contributed by atoms with Crippen LogP contribution >= 0.6 is 0 Å². The number of nitrogens with one attached hydrogen (secondary N) is 1. The van der Waals surface area contributed by atoms with Crippen LogP contribution in [0, 0.1) is 0 Å². The van der Waals surface area contributed by atoms with Crippen molar-refractivity contribution in [1.29, 1.82) is 0 Å². The number of carbonyl (C=O) groups is 1. The molecule has 0 saturated carbocycles. The third kappa shape index (κ3) is 3.43. The molecule has 1 N–H and O–H groups in total. The third-order valence-electron chi connectivity index (χ3n) is 5.81. The van der Waals surface area contributed by atoms with Crippen molar-refractivity contribution in [1.82, 2.24) is 24.2 Å². The number of rotatable bonds is 4. The number of hydrogen-bond acceptors (Lipinski definition) is 3. The SMILES string of the molecule is O=C(c1cnn(Cc2ccccc2)c1)N1CCC(n2c(=O)[nH]c3ccccc32)CC1. The highest BCUT2D eigenvalue weighted by atomic mass is 16.2. The summed E-state index contributed by atoms with van der Waals surface area (Å²) in [4.78, 5) is 30.2. The van der Waals surface area contributed by atoms with Crippen LogP contribution in [0.1, 0.15) is 34.8 Å². The molecule has 1 saturated heterocycles. The second kappa shape index (κ2) is 7.67. The lowest BCUT2D eigenvalue weighted by Gasteiger charge is -2.32. The number of benzene rings is 2. The van der Waals surface area contributed by atoms with Crippen LogP contribution < -0.4 is 5.69 Å². The van der Waals surface area contributed by atoms with Crippen molar-refractivity contribution in [2.45, 2.75) is 25.4 Å². The summed E-state index contributed by atoms with van der Waals surface area (Å²) in [6.07, 6.45) is 4.96. The van der Waals surface area contributed by atoms with Gasteiger partial charge in [0.15, 0.2) is 0 Å². The van der Waals surface area contributed by atoms with Gasteiger partial charge in [0, 0.05) is 25.3 Å². The molecule has 152 valence electrons. The van der Waals surface area contributed by atoms with E-state index in [0.29, 0.717) is 25.2 Å². The quantitative estimate of drug-likeness (QED) is 0.571. The minimum Gasteiger partial charge on any atom is -0.338 e. The molecule has 0 aliphatic carbocycles. The molecule has 0 bridgehead atoms. The van der Waals surface area contributed by atoms with E-state index in [0.717, 1.165) is 29.4 Å². The number of aromatic nitrogens is 4. The largest absolute Gasteiger partial charge is 0.338 e. The van der Waals surface area contributed by atoms with Gasteiger partial charge in [-0.3, -0.25) is 14.0 Å². The average molecular weight is 401 g/mol. The topological polar surface area (TPSA) is 75.9 Å². The second-order valence-corrected chi connectivity index (χ2v) is 7.75. The number of piperidine rings is 1. The van der Waals surface area contributed by atoms with E-state index in [4.69, 9.17) is 0 Å². The van der Waals surface area contributed by atoms with Gasteiger partial charge >= 0.3 is 5.69 Å². The predicted octanol–water partition coefficient (Wildman–Crippen LogP) is 3.05. The molecule has 0 radical (unpaired) electrons. The Morgan fingerprint density at radius 3 is 2.57 bits per heavy atom. The molecule has 0 unspecified atom stereocenters. The van der Waals surface area contributed by atoms with Crippen molar-refractivity contribution in [2.24, 2.45) is 0 Å². The normalized spacial score (nSPS) is 15.0. The van der Waals surface area contributed by atoms with Gasteiger partial charge in [-0.05, 0) is 30.5 Å². The van der Waals surface area contributed by atoms with Crippen LogP contribution in [0.4, 0.5) is 0 Å². The molecule has 7 nitrogen and oxygen atoms in total. The van der Waals surface area contributed by atoms with Gasteiger partial charge in [0.05, 0.1) is 29.3 Å². The molecule has 1 aliphatic rings. The van der Waals surface area contributed by atoms with Gasteiger partial charge in [-0.15, -0.1) is 0 Å². The standard InChI is InChI=1S/C23H23N5O2/c29-22(18-14-24-27(16-18)15-17-6-2-1-3-7-17)26-12-10-19(11-13-26)28-21-9-5-4-8-20(21)25-23(28)30/h1-9,14,16,19H,10-13,15H2,(H,25,30). The van der Waals surface area contributed by atoms with Crippen molar-refractivity contribution >= 4 is 16.9 Å². The minimum atomic E-state index is -0.0804. The molecular formula is C23H23N5O2. The maximum absolute atomic E-state index is 12.9. The Labute approximate surface area is 173 Å². The molecule has 30 heavy (non-hydrogen) atoms. The first-order valence-corrected chi connectivity index (χ1v) is 10.2. The highest BCUT2D eigenvalue weighted by Gasteiger charge is 2.27. The number of para-hydroxylation sites is 2. The molecule has 7 heteroatoms. The summed E-state index contributed by atoms with van der Waals surface area (Å²) in [7, 11) is 0. The predicted molar refractivity (Wildman–Crippen MR) is 115 cm³/mol. The maximum Gasteiger partial charge on any atom is 0.326 e. The first kappa shape index (κ1) is 18.4. The molecular weight excluding hydrogens is 378 g/mol. The lowest BCUT2D eigenvalue weighted by Crippen LogP contribution is -2.40. The monoisotopic (exact) mass is 401 g/mol. The first-order valence-electron chi connectivity index (χ1n) is 10.2. The number of amides is 1. The van der Waals surface area contributed by atoms with E-state index >= 15 is 0 Å². The Bertz CT molecular complexity index is 1230. The summed E-state index contributed by atoms with van der Waals surface area (Å²) in [6.45, 7) is 1.89. The zero-order valence-corrected chi connectivity index (χ0v) is 16.6. The Balaban J connectivity index is 1.26. The number of likely N-dealkylation sites (tertiary alicyclic amines) is 1. The van der Waals surface area contributed by atoms with Crippen LogP contribution in [0.5, 0.6) is 0 Å². The zero-order valence-electron chi connectivity index (χ0n) is 16.6. The van der Waals surface area contributed by atoms with Gasteiger partial charge in [-0.1, -0.05) is 42.5 Å². The molecule has 2 aromatic heterocycles. The van der Waals surface area contributed by atoms with E-state index in [1.54, 1.807) is 10.9 Å². The van der Waals surface area contributed by atoms with Crippen molar-refractivity contribution < 1.29 is 4.79 Å². The van der Waals surface area contributed by atoms with Crippen LogP contribution in [-0.2, 0) is 6.54 Å².